The summed E-state index contributed by atoms with van der Waals surface area (Å²) in [5, 5.41) is 10.2. The van der Waals surface area contributed by atoms with Crippen molar-refractivity contribution in [2.45, 2.75) is 0 Å². The molecule has 1 aromatic heterocycles. The van der Waals surface area contributed by atoms with Gasteiger partial charge in [-0.15, -0.1) is 10.2 Å². The number of hydrogen-bond donors (Lipinski definition) is 3. The molecule has 3 rings (SSSR count). The maximum atomic E-state index is 12.0. The highest BCUT2D eigenvalue weighted by molar-refractivity contribution is 6.02. The lowest BCUT2D eigenvalue weighted by Crippen LogP contribution is -2.16. The Morgan fingerprint density at radius 1 is 1.15 bits per heavy atom. The molecule has 0 unspecified atom stereocenters. The molecule has 1 amide bonds. The number of benzene rings is 1. The zero-order valence-corrected chi connectivity index (χ0v) is 10.3. The van der Waals surface area contributed by atoms with Crippen LogP contribution in [0.5, 0.6) is 11.5 Å². The quantitative estimate of drug-likeness (QED) is 0.558. The molecule has 0 spiro atoms. The number of carbonyl (C=O) groups excluding carboxylic acids is 1. The van der Waals surface area contributed by atoms with Gasteiger partial charge in [0.25, 0.3) is 5.91 Å². The fraction of sp³-hybridized carbons (Fsp3) is 0.0833. The van der Waals surface area contributed by atoms with Crippen LogP contribution < -0.4 is 26.1 Å². The van der Waals surface area contributed by atoms with Gasteiger partial charge in [-0.05, 0) is 24.3 Å². The van der Waals surface area contributed by atoms with E-state index in [4.69, 9.17) is 15.3 Å². The van der Waals surface area contributed by atoms with E-state index in [1.807, 2.05) is 0 Å². The van der Waals surface area contributed by atoms with E-state index in [0.717, 1.165) is 0 Å². The smallest absolute Gasteiger partial charge is 0.276 e. The Kier molecular flexibility index (Phi) is 3.05. The number of hydrazine groups is 1. The predicted octanol–water partition coefficient (Wildman–Crippen LogP) is 0.743. The van der Waals surface area contributed by atoms with Gasteiger partial charge in [0.1, 0.15) is 0 Å². The number of amides is 1. The molecule has 4 N–H and O–H groups in total. The van der Waals surface area contributed by atoms with Crippen LogP contribution >= 0.6 is 0 Å². The summed E-state index contributed by atoms with van der Waals surface area (Å²) >= 11 is 0. The molecule has 1 aliphatic heterocycles. The fourth-order valence-electron chi connectivity index (χ4n) is 1.70. The van der Waals surface area contributed by atoms with Gasteiger partial charge in [-0.3, -0.25) is 4.79 Å². The van der Waals surface area contributed by atoms with Crippen molar-refractivity contribution in [1.29, 1.82) is 0 Å². The van der Waals surface area contributed by atoms with Crippen molar-refractivity contribution in [2.24, 2.45) is 5.84 Å². The minimum absolute atomic E-state index is 0.182. The lowest BCUT2D eigenvalue weighted by Gasteiger charge is -2.05. The lowest BCUT2D eigenvalue weighted by molar-refractivity contribution is 0.102. The van der Waals surface area contributed by atoms with Gasteiger partial charge in [-0.25, -0.2) is 5.84 Å². The van der Waals surface area contributed by atoms with E-state index >= 15 is 0 Å². The molecule has 102 valence electrons. The van der Waals surface area contributed by atoms with Crippen molar-refractivity contribution in [3.05, 3.63) is 36.0 Å². The highest BCUT2D eigenvalue weighted by atomic mass is 16.7. The van der Waals surface area contributed by atoms with E-state index in [1.54, 1.807) is 24.3 Å². The molecule has 0 bridgehead atoms. The molecule has 0 radical (unpaired) electrons. The number of nitrogens with one attached hydrogen (secondary N) is 2. The van der Waals surface area contributed by atoms with Gasteiger partial charge in [0.05, 0.1) is 0 Å². The number of aromatic nitrogens is 2. The summed E-state index contributed by atoms with van der Waals surface area (Å²) in [5.41, 5.74) is 3.10. The highest BCUT2D eigenvalue weighted by Gasteiger charge is 2.15. The first-order chi connectivity index (χ1) is 9.76. The number of ether oxygens (including phenoxy) is 2. The number of nitrogens with zero attached hydrogens (tertiary/aromatic N) is 2. The molecule has 20 heavy (non-hydrogen) atoms. The third-order valence-corrected chi connectivity index (χ3v) is 2.68. The van der Waals surface area contributed by atoms with E-state index in [2.05, 4.69) is 20.9 Å². The number of anilines is 2. The third kappa shape index (κ3) is 2.31. The molecular formula is C12H11N5O3. The van der Waals surface area contributed by atoms with E-state index < -0.39 is 0 Å². The van der Waals surface area contributed by atoms with Crippen LogP contribution in [0.15, 0.2) is 30.3 Å². The first-order valence-electron chi connectivity index (χ1n) is 5.77. The van der Waals surface area contributed by atoms with Crippen molar-refractivity contribution >= 4 is 17.4 Å². The highest BCUT2D eigenvalue weighted by Crippen LogP contribution is 2.34. The van der Waals surface area contributed by atoms with E-state index in [9.17, 15) is 4.79 Å². The molecule has 1 aliphatic rings. The van der Waals surface area contributed by atoms with E-state index in [0.29, 0.717) is 23.0 Å². The van der Waals surface area contributed by atoms with Gasteiger partial charge >= 0.3 is 0 Å². The van der Waals surface area contributed by atoms with Crippen LogP contribution in [-0.4, -0.2) is 22.9 Å². The first kappa shape index (κ1) is 12.2. The number of nitrogen functional groups attached to an aromatic ring is 1. The lowest BCUT2D eigenvalue weighted by atomic mass is 10.2. The van der Waals surface area contributed by atoms with Crippen LogP contribution in [0.2, 0.25) is 0 Å². The summed E-state index contributed by atoms with van der Waals surface area (Å²) in [6.45, 7) is 0.186. The average molecular weight is 273 g/mol. The second-order valence-electron chi connectivity index (χ2n) is 3.97. The normalized spacial score (nSPS) is 12.1. The summed E-state index contributed by atoms with van der Waals surface area (Å²) in [5.74, 6) is 6.42. The summed E-state index contributed by atoms with van der Waals surface area (Å²) in [6.07, 6.45) is 0. The van der Waals surface area contributed by atoms with Gasteiger partial charge < -0.3 is 20.2 Å². The zero-order valence-electron chi connectivity index (χ0n) is 10.3. The summed E-state index contributed by atoms with van der Waals surface area (Å²) in [4.78, 5) is 12.0. The molecule has 0 fully saturated rings. The molecule has 0 saturated carbocycles. The van der Waals surface area contributed by atoms with Gasteiger partial charge in [-0.2, -0.15) is 0 Å². The molecule has 1 aromatic carbocycles. The number of carbonyl (C=O) groups is 1. The first-order valence-corrected chi connectivity index (χ1v) is 5.77. The van der Waals surface area contributed by atoms with Crippen LogP contribution in [0, 0.1) is 0 Å². The molecule has 0 atom stereocenters. The standard InChI is InChI=1S/C12H11N5O3/c13-15-11-4-2-8(16-17-11)12(18)14-7-1-3-9-10(5-7)20-6-19-9/h1-5H,6,13H2,(H,14,18)(H,15,17). The van der Waals surface area contributed by atoms with Crippen LogP contribution in [0.1, 0.15) is 10.5 Å². The topological polar surface area (TPSA) is 111 Å². The van der Waals surface area contributed by atoms with Crippen molar-refractivity contribution in [1.82, 2.24) is 10.2 Å². The summed E-state index contributed by atoms with van der Waals surface area (Å²) in [7, 11) is 0. The van der Waals surface area contributed by atoms with Gasteiger partial charge in [0.15, 0.2) is 23.0 Å². The SMILES string of the molecule is NNc1ccc(C(=O)Nc2ccc3c(c2)OCO3)nn1. The van der Waals surface area contributed by atoms with Crippen molar-refractivity contribution in [3.63, 3.8) is 0 Å². The number of hydrogen-bond acceptors (Lipinski definition) is 7. The van der Waals surface area contributed by atoms with Crippen molar-refractivity contribution < 1.29 is 14.3 Å². The minimum Gasteiger partial charge on any atom is -0.454 e. The maximum Gasteiger partial charge on any atom is 0.276 e. The second kappa shape index (κ2) is 5.02. The Labute approximate surface area is 113 Å². The van der Waals surface area contributed by atoms with Crippen molar-refractivity contribution in [2.75, 3.05) is 17.5 Å². The van der Waals surface area contributed by atoms with Crippen LogP contribution in [-0.2, 0) is 0 Å². The number of rotatable bonds is 3. The largest absolute Gasteiger partial charge is 0.454 e. The average Bonchev–Trinajstić information content (AvgIpc) is 2.95. The second-order valence-corrected chi connectivity index (χ2v) is 3.97. The fourth-order valence-corrected chi connectivity index (χ4v) is 1.70. The summed E-state index contributed by atoms with van der Waals surface area (Å²) < 4.78 is 10.4. The Hall–Kier alpha value is -2.87. The van der Waals surface area contributed by atoms with Crippen LogP contribution in [0.25, 0.3) is 0 Å². The number of fused-ring (bicyclic) bond motifs is 1. The third-order valence-electron chi connectivity index (χ3n) is 2.68. The van der Waals surface area contributed by atoms with E-state index in [-0.39, 0.29) is 18.4 Å². The van der Waals surface area contributed by atoms with Crippen molar-refractivity contribution in [3.8, 4) is 11.5 Å². The van der Waals surface area contributed by atoms with Crippen LogP contribution in [0.4, 0.5) is 11.5 Å². The molecule has 2 heterocycles. The molecular weight excluding hydrogens is 262 g/mol. The molecule has 8 nitrogen and oxygen atoms in total. The van der Waals surface area contributed by atoms with E-state index in [1.165, 1.54) is 6.07 Å². The zero-order chi connectivity index (χ0) is 13.9. The Balaban J connectivity index is 1.75. The van der Waals surface area contributed by atoms with Crippen LogP contribution in [0.3, 0.4) is 0 Å². The predicted molar refractivity (Wildman–Crippen MR) is 70.4 cm³/mol. The number of nitrogens with two attached hydrogens (primary N) is 1. The Morgan fingerprint density at radius 2 is 2.00 bits per heavy atom. The molecule has 8 heteroatoms. The maximum absolute atomic E-state index is 12.0. The van der Waals surface area contributed by atoms with Gasteiger partial charge in [-0.1, -0.05) is 0 Å². The van der Waals surface area contributed by atoms with Gasteiger partial charge in [0, 0.05) is 11.8 Å². The Morgan fingerprint density at radius 3 is 2.75 bits per heavy atom. The molecule has 2 aromatic rings. The van der Waals surface area contributed by atoms with Gasteiger partial charge in [0.2, 0.25) is 6.79 Å². The summed E-state index contributed by atoms with van der Waals surface area (Å²) in [6, 6.07) is 8.20. The Bertz CT molecular complexity index is 644. The monoisotopic (exact) mass is 273 g/mol. The minimum atomic E-state index is -0.375. The molecule has 0 aliphatic carbocycles. The molecule has 0 saturated heterocycles.